The second kappa shape index (κ2) is 17.2. The van der Waals surface area contributed by atoms with E-state index in [-0.39, 0.29) is 50.5 Å². The van der Waals surface area contributed by atoms with Crippen LogP contribution in [0, 0.1) is 10.1 Å². The summed E-state index contributed by atoms with van der Waals surface area (Å²) in [6.45, 7) is 0. The summed E-state index contributed by atoms with van der Waals surface area (Å²) in [6.07, 6.45) is 2.14. The van der Waals surface area contributed by atoms with Crippen molar-refractivity contribution in [1.82, 2.24) is 0 Å². The summed E-state index contributed by atoms with van der Waals surface area (Å²) < 4.78 is 114. The molecule has 61 heavy (non-hydrogen) atoms. The minimum Gasteiger partial charge on any atom is -0.505 e. The van der Waals surface area contributed by atoms with E-state index < -0.39 is 67.1 Å². The number of methoxy groups -OCH3 is 2. The average Bonchev–Trinajstić information content (AvgIpc) is 3.21. The Morgan fingerprint density at radius 1 is 0.623 bits per heavy atom. The van der Waals surface area contributed by atoms with Crippen molar-refractivity contribution in [2.24, 2.45) is 20.5 Å². The first-order chi connectivity index (χ1) is 28.8. The molecule has 0 radical (unpaired) electrons. The number of nitrogens with zero attached hydrogens (tertiary/aromatic N) is 5. The van der Waals surface area contributed by atoms with Crippen LogP contribution >= 0.6 is 0 Å². The normalized spacial score (nSPS) is 12.4. The minimum atomic E-state index is -4.96. The Labute approximate surface area is 346 Å². The Bertz CT molecular complexity index is 3160. The maximum atomic E-state index is 12.5. The number of fused-ring (bicyclic) bond motifs is 1. The SMILES string of the molecule is COc1cc(N=Nc2c(S(=O)(=O)O)cc3cc(Nc4ccccc4)ccc3c2O)c(OC)cc1N=Nc1ccc(C=Cc2ccc([N+](=O)[O-])cc2S(=O)(=O)O)c(S(=O)(=O)O)c1. The highest BCUT2D eigenvalue weighted by molar-refractivity contribution is 7.86. The number of nitro groups is 1. The number of benzene rings is 6. The van der Waals surface area contributed by atoms with Gasteiger partial charge in [0.05, 0.1) is 24.8 Å². The number of hydrogen-bond donors (Lipinski definition) is 5. The molecule has 5 N–H and O–H groups in total. The molecule has 0 aliphatic heterocycles. The lowest BCUT2D eigenvalue weighted by Crippen LogP contribution is -2.02. The highest BCUT2D eigenvalue weighted by Gasteiger charge is 2.24. The predicted molar refractivity (Wildman–Crippen MR) is 221 cm³/mol. The Balaban J connectivity index is 1.32. The molecular weight excluding hydrogens is 861 g/mol. The van der Waals surface area contributed by atoms with Gasteiger partial charge in [0.25, 0.3) is 36.0 Å². The molecule has 23 heteroatoms. The van der Waals surface area contributed by atoms with E-state index in [9.17, 15) is 54.1 Å². The number of azo groups is 2. The van der Waals surface area contributed by atoms with Gasteiger partial charge in [0, 0.05) is 41.0 Å². The molecule has 0 amide bonds. The van der Waals surface area contributed by atoms with Crippen molar-refractivity contribution >= 4 is 93.1 Å². The van der Waals surface area contributed by atoms with E-state index in [4.69, 9.17) is 9.47 Å². The fraction of sp³-hybridized carbons (Fsp3) is 0.0526. The third-order valence-electron chi connectivity index (χ3n) is 8.61. The fourth-order valence-corrected chi connectivity index (χ4v) is 7.84. The van der Waals surface area contributed by atoms with Gasteiger partial charge in [0.15, 0.2) is 5.75 Å². The molecule has 0 heterocycles. The molecule has 6 aromatic carbocycles. The van der Waals surface area contributed by atoms with Crippen LogP contribution < -0.4 is 14.8 Å². The monoisotopic (exact) mass is 890 g/mol. The largest absolute Gasteiger partial charge is 0.505 e. The topological polar surface area (TPSA) is 306 Å². The first kappa shape index (κ1) is 43.4. The first-order valence-corrected chi connectivity index (χ1v) is 21.3. The molecule has 0 atom stereocenters. The molecule has 20 nitrogen and oxygen atoms in total. The number of anilines is 2. The van der Waals surface area contributed by atoms with Crippen molar-refractivity contribution < 1.29 is 58.4 Å². The molecule has 314 valence electrons. The summed E-state index contributed by atoms with van der Waals surface area (Å²) in [4.78, 5) is 8.00. The molecule has 0 saturated heterocycles. The van der Waals surface area contributed by atoms with Crippen LogP contribution in [0.5, 0.6) is 17.2 Å². The zero-order chi connectivity index (χ0) is 44.3. The maximum Gasteiger partial charge on any atom is 0.296 e. The lowest BCUT2D eigenvalue weighted by molar-refractivity contribution is -0.385. The number of nitrogens with one attached hydrogen (secondary N) is 1. The highest BCUT2D eigenvalue weighted by atomic mass is 32.2. The van der Waals surface area contributed by atoms with Crippen molar-refractivity contribution in [1.29, 1.82) is 0 Å². The van der Waals surface area contributed by atoms with Gasteiger partial charge >= 0.3 is 0 Å². The lowest BCUT2D eigenvalue weighted by atomic mass is 10.1. The van der Waals surface area contributed by atoms with Gasteiger partial charge in [-0.05, 0) is 71.1 Å². The third kappa shape index (κ3) is 10.0. The van der Waals surface area contributed by atoms with Gasteiger partial charge in [-0.3, -0.25) is 23.8 Å². The Hall–Kier alpha value is -7.15. The van der Waals surface area contributed by atoms with Crippen molar-refractivity contribution in [3.8, 4) is 17.2 Å². The number of phenolic OH excluding ortho intramolecular Hbond substituents is 1. The summed E-state index contributed by atoms with van der Waals surface area (Å²) >= 11 is 0. The first-order valence-electron chi connectivity index (χ1n) is 17.0. The van der Waals surface area contributed by atoms with Crippen molar-refractivity contribution in [2.45, 2.75) is 14.7 Å². The zero-order valence-corrected chi connectivity index (χ0v) is 33.8. The average molecular weight is 891 g/mol. The number of non-ortho nitro benzene ring substituents is 1. The molecule has 6 aromatic rings. The van der Waals surface area contributed by atoms with Crippen LogP contribution in [0.15, 0.2) is 138 Å². The molecule has 0 saturated carbocycles. The third-order valence-corrected chi connectivity index (χ3v) is 11.3. The molecule has 0 unspecified atom stereocenters. The summed E-state index contributed by atoms with van der Waals surface area (Å²) in [5.41, 5.74) is -0.482. The quantitative estimate of drug-likeness (QED) is 0.0224. The van der Waals surface area contributed by atoms with Gasteiger partial charge in [-0.2, -0.15) is 30.4 Å². The van der Waals surface area contributed by atoms with E-state index in [1.165, 1.54) is 44.6 Å². The van der Waals surface area contributed by atoms with Gasteiger partial charge in [0.2, 0.25) is 0 Å². The van der Waals surface area contributed by atoms with E-state index in [1.54, 1.807) is 12.1 Å². The molecule has 0 aromatic heterocycles. The Kier molecular flexibility index (Phi) is 12.3. The predicted octanol–water partition coefficient (Wildman–Crippen LogP) is 8.96. The lowest BCUT2D eigenvalue weighted by Gasteiger charge is -2.12. The van der Waals surface area contributed by atoms with Crippen LogP contribution in [0.2, 0.25) is 0 Å². The second-order valence-electron chi connectivity index (χ2n) is 12.6. The highest BCUT2D eigenvalue weighted by Crippen LogP contribution is 2.45. The minimum absolute atomic E-state index is 0.00122. The molecule has 0 fully saturated rings. The van der Waals surface area contributed by atoms with E-state index in [1.807, 2.05) is 30.3 Å². The number of phenols is 1. The van der Waals surface area contributed by atoms with E-state index in [0.29, 0.717) is 11.8 Å². The van der Waals surface area contributed by atoms with Gasteiger partial charge in [0.1, 0.15) is 43.2 Å². The van der Waals surface area contributed by atoms with E-state index in [0.717, 1.165) is 42.1 Å². The number of hydrogen-bond acceptors (Lipinski definition) is 16. The molecule has 0 aliphatic carbocycles. The molecular formula is C38H30N6O14S3. The summed E-state index contributed by atoms with van der Waals surface area (Å²) in [7, 11) is -12.3. The van der Waals surface area contributed by atoms with Crippen LogP contribution in [0.25, 0.3) is 22.9 Å². The van der Waals surface area contributed by atoms with Crippen molar-refractivity contribution in [3.05, 3.63) is 124 Å². The van der Waals surface area contributed by atoms with Gasteiger partial charge in [-0.25, -0.2) is 0 Å². The van der Waals surface area contributed by atoms with Crippen LogP contribution in [-0.4, -0.2) is 63.2 Å². The molecule has 6 rings (SSSR count). The van der Waals surface area contributed by atoms with Crippen LogP contribution in [0.4, 0.5) is 39.8 Å². The van der Waals surface area contributed by atoms with Crippen molar-refractivity contribution in [2.75, 3.05) is 19.5 Å². The smallest absolute Gasteiger partial charge is 0.296 e. The fourth-order valence-electron chi connectivity index (χ4n) is 5.77. The number of ether oxygens (including phenoxy) is 2. The maximum absolute atomic E-state index is 12.5. The van der Waals surface area contributed by atoms with Gasteiger partial charge < -0.3 is 19.9 Å². The van der Waals surface area contributed by atoms with Crippen LogP contribution in [-0.2, 0) is 30.4 Å². The molecule has 0 aliphatic rings. The van der Waals surface area contributed by atoms with Gasteiger partial charge in [-0.1, -0.05) is 36.4 Å². The van der Waals surface area contributed by atoms with Gasteiger partial charge in [-0.15, -0.1) is 15.3 Å². The second-order valence-corrected chi connectivity index (χ2v) is 16.7. The summed E-state index contributed by atoms with van der Waals surface area (Å²) in [5, 5.41) is 42.1. The summed E-state index contributed by atoms with van der Waals surface area (Å²) in [6, 6.07) is 23.6. The summed E-state index contributed by atoms with van der Waals surface area (Å²) in [5.74, 6) is -0.614. The zero-order valence-electron chi connectivity index (χ0n) is 31.3. The molecule has 0 bridgehead atoms. The number of rotatable bonds is 14. The molecule has 0 spiro atoms. The Morgan fingerprint density at radius 2 is 1.18 bits per heavy atom. The van der Waals surface area contributed by atoms with Crippen LogP contribution in [0.3, 0.4) is 0 Å². The number of aromatic hydroxyl groups is 1. The van der Waals surface area contributed by atoms with Crippen LogP contribution in [0.1, 0.15) is 11.1 Å². The van der Waals surface area contributed by atoms with E-state index in [2.05, 4.69) is 25.8 Å². The Morgan fingerprint density at radius 3 is 1.74 bits per heavy atom. The number of nitro benzene ring substituents is 1. The standard InChI is InChI=1S/C38H30N6O14S3/c1-57-32-21-31(42-43-37-36(61(54,55)56)17-24-16-26(13-15-29(24)38(37)45)39-25-6-4-3-5-7-25)33(58-2)20-30(32)41-40-27-12-10-22(34(18-27)59(48,49)50)8-9-23-11-14-28(44(46)47)19-35(23)60(51,52)53/h3-21,39,45H,1-2H3,(H,48,49,50)(H,51,52,53)(H,54,55,56). The van der Waals surface area contributed by atoms with E-state index >= 15 is 0 Å². The van der Waals surface area contributed by atoms with Crippen molar-refractivity contribution in [3.63, 3.8) is 0 Å². The number of para-hydroxylation sites is 1.